The lowest BCUT2D eigenvalue weighted by Gasteiger charge is -2.39. The van der Waals surface area contributed by atoms with Crippen molar-refractivity contribution >= 4 is 11.9 Å². The number of methoxy groups -OCH3 is 1. The average molecular weight is 658 g/mol. The van der Waals surface area contributed by atoms with E-state index >= 15 is 0 Å². The van der Waals surface area contributed by atoms with Gasteiger partial charge in [-0.1, -0.05) is 45.4 Å². The van der Waals surface area contributed by atoms with E-state index in [1.807, 2.05) is 12.1 Å². The number of esters is 2. The van der Waals surface area contributed by atoms with E-state index in [1.165, 1.54) is 25.7 Å². The molecule has 4 atom stereocenters. The molecule has 4 aliphatic rings. The highest BCUT2D eigenvalue weighted by atomic mass is 16.7. The Morgan fingerprint density at radius 2 is 1.72 bits per heavy atom. The van der Waals surface area contributed by atoms with Gasteiger partial charge < -0.3 is 33.9 Å². The maximum absolute atomic E-state index is 14.1. The van der Waals surface area contributed by atoms with Crippen molar-refractivity contribution in [2.45, 2.75) is 139 Å². The van der Waals surface area contributed by atoms with Crippen LogP contribution in [0.2, 0.25) is 0 Å². The Bertz CT molecular complexity index is 1290. The van der Waals surface area contributed by atoms with E-state index < -0.39 is 41.2 Å². The van der Waals surface area contributed by atoms with Gasteiger partial charge in [0.1, 0.15) is 5.76 Å². The van der Waals surface area contributed by atoms with Crippen LogP contribution in [0.25, 0.3) is 0 Å². The minimum atomic E-state index is -2.13. The summed E-state index contributed by atoms with van der Waals surface area (Å²) in [4.78, 5) is 29.6. The topological polar surface area (TPSA) is 124 Å². The number of ether oxygens (including phenoxy) is 5. The average Bonchev–Trinajstić information content (AvgIpc) is 3.71. The molecule has 2 unspecified atom stereocenters. The van der Waals surface area contributed by atoms with Crippen LogP contribution in [-0.2, 0) is 30.2 Å². The molecule has 10 nitrogen and oxygen atoms in total. The van der Waals surface area contributed by atoms with Crippen LogP contribution in [0, 0.1) is 0 Å². The molecule has 5 rings (SSSR count). The number of hydrogen-bond acceptors (Lipinski definition) is 10. The van der Waals surface area contributed by atoms with Crippen LogP contribution in [0.5, 0.6) is 11.5 Å². The zero-order valence-electron chi connectivity index (χ0n) is 28.8. The SMILES string of the molecule is CCCCCCCCCOC(=O)CC(O)(CCCC(C)(C)O)C(=O)OC1C(OC)=C[C@]23CCCN2CCc2cc4c(cc2[C@H]13)OCO4. The van der Waals surface area contributed by atoms with E-state index in [-0.39, 0.29) is 25.7 Å². The van der Waals surface area contributed by atoms with Crippen LogP contribution in [0.1, 0.15) is 121 Å². The fourth-order valence-electron chi connectivity index (χ4n) is 7.93. The third-order valence-electron chi connectivity index (χ3n) is 10.4. The summed E-state index contributed by atoms with van der Waals surface area (Å²) in [5.41, 5.74) is -1.43. The van der Waals surface area contributed by atoms with Crippen LogP contribution in [0.3, 0.4) is 0 Å². The number of fused-ring (bicyclic) bond motifs is 3. The van der Waals surface area contributed by atoms with Gasteiger partial charge in [0.2, 0.25) is 6.79 Å². The second kappa shape index (κ2) is 15.2. The Kier molecular flexibility index (Phi) is 11.4. The Balaban J connectivity index is 1.34. The Hall–Kier alpha value is -2.82. The fraction of sp³-hybridized carbons (Fsp3) is 0.730. The second-order valence-electron chi connectivity index (χ2n) is 14.5. The largest absolute Gasteiger partial charge is 0.497 e. The Morgan fingerprint density at radius 1 is 1.00 bits per heavy atom. The molecule has 3 heterocycles. The fourth-order valence-corrected chi connectivity index (χ4v) is 7.93. The number of rotatable bonds is 17. The lowest BCUT2D eigenvalue weighted by molar-refractivity contribution is -0.179. The molecular weight excluding hydrogens is 602 g/mol. The number of hydrogen-bond donors (Lipinski definition) is 2. The molecule has 0 saturated carbocycles. The lowest BCUT2D eigenvalue weighted by Crippen LogP contribution is -2.49. The molecule has 0 bridgehead atoms. The highest BCUT2D eigenvalue weighted by molar-refractivity contribution is 5.86. The molecule has 1 spiro atoms. The highest BCUT2D eigenvalue weighted by Gasteiger charge is 2.59. The van der Waals surface area contributed by atoms with Gasteiger partial charge in [0.25, 0.3) is 0 Å². The molecule has 47 heavy (non-hydrogen) atoms. The lowest BCUT2D eigenvalue weighted by atomic mass is 9.77. The molecule has 262 valence electrons. The number of benzene rings is 1. The monoisotopic (exact) mass is 657 g/mol. The van der Waals surface area contributed by atoms with Crippen LogP contribution in [-0.4, -0.2) is 83.5 Å². The zero-order chi connectivity index (χ0) is 33.7. The van der Waals surface area contributed by atoms with E-state index in [4.69, 9.17) is 23.7 Å². The molecule has 10 heteroatoms. The predicted octanol–water partition coefficient (Wildman–Crippen LogP) is 5.70. The van der Waals surface area contributed by atoms with E-state index in [0.29, 0.717) is 30.1 Å². The van der Waals surface area contributed by atoms with Gasteiger partial charge in [-0.15, -0.1) is 0 Å². The van der Waals surface area contributed by atoms with Crippen molar-refractivity contribution in [3.05, 3.63) is 35.1 Å². The third kappa shape index (κ3) is 8.08. The van der Waals surface area contributed by atoms with E-state index in [1.54, 1.807) is 21.0 Å². The first kappa shape index (κ1) is 35.5. The third-order valence-corrected chi connectivity index (χ3v) is 10.4. The molecule has 0 amide bonds. The number of aliphatic hydroxyl groups is 2. The summed E-state index contributed by atoms with van der Waals surface area (Å²) in [5, 5.41) is 22.2. The molecular formula is C37H55NO9. The molecule has 1 saturated heterocycles. The van der Waals surface area contributed by atoms with Crippen LogP contribution in [0.15, 0.2) is 24.0 Å². The maximum Gasteiger partial charge on any atom is 0.339 e. The van der Waals surface area contributed by atoms with Gasteiger partial charge >= 0.3 is 11.9 Å². The van der Waals surface area contributed by atoms with Crippen molar-refractivity contribution in [1.29, 1.82) is 0 Å². The molecule has 2 N–H and O–H groups in total. The molecule has 1 aliphatic carbocycles. The van der Waals surface area contributed by atoms with Gasteiger partial charge in [-0.05, 0) is 94.7 Å². The van der Waals surface area contributed by atoms with Crippen molar-refractivity contribution < 1.29 is 43.5 Å². The molecule has 3 aliphatic heterocycles. The highest BCUT2D eigenvalue weighted by Crippen LogP contribution is 2.55. The molecule has 0 radical (unpaired) electrons. The summed E-state index contributed by atoms with van der Waals surface area (Å²) >= 11 is 0. The molecule has 1 aromatic carbocycles. The molecule has 0 aromatic heterocycles. The minimum absolute atomic E-state index is 0.0572. The van der Waals surface area contributed by atoms with Crippen LogP contribution < -0.4 is 9.47 Å². The summed E-state index contributed by atoms with van der Waals surface area (Å²) in [6.07, 6.45) is 11.6. The van der Waals surface area contributed by atoms with Crippen molar-refractivity contribution in [2.75, 3.05) is 33.6 Å². The van der Waals surface area contributed by atoms with Crippen molar-refractivity contribution in [3.63, 3.8) is 0 Å². The Morgan fingerprint density at radius 3 is 2.45 bits per heavy atom. The maximum atomic E-state index is 14.1. The number of carbonyl (C=O) groups excluding carboxylic acids is 2. The quantitative estimate of drug-likeness (QED) is 0.159. The Labute approximate surface area is 279 Å². The van der Waals surface area contributed by atoms with Gasteiger partial charge in [0.05, 0.1) is 37.2 Å². The summed E-state index contributed by atoms with van der Waals surface area (Å²) in [6, 6.07) is 4.04. The van der Waals surface area contributed by atoms with Crippen molar-refractivity contribution in [2.24, 2.45) is 0 Å². The van der Waals surface area contributed by atoms with Gasteiger partial charge in [-0.2, -0.15) is 0 Å². The van der Waals surface area contributed by atoms with Gasteiger partial charge in [0, 0.05) is 6.54 Å². The normalized spacial score (nSPS) is 24.4. The number of unbranched alkanes of at least 4 members (excludes halogenated alkanes) is 6. The van der Waals surface area contributed by atoms with E-state index in [2.05, 4.69) is 17.9 Å². The van der Waals surface area contributed by atoms with Gasteiger partial charge in [0.15, 0.2) is 23.2 Å². The van der Waals surface area contributed by atoms with Gasteiger partial charge in [-0.3, -0.25) is 9.69 Å². The van der Waals surface area contributed by atoms with Gasteiger partial charge in [-0.25, -0.2) is 4.79 Å². The molecule has 1 fully saturated rings. The minimum Gasteiger partial charge on any atom is -0.497 e. The first-order chi connectivity index (χ1) is 22.5. The smallest absolute Gasteiger partial charge is 0.339 e. The van der Waals surface area contributed by atoms with E-state index in [0.717, 1.165) is 62.7 Å². The second-order valence-corrected chi connectivity index (χ2v) is 14.5. The van der Waals surface area contributed by atoms with E-state index in [9.17, 15) is 19.8 Å². The number of nitrogens with zero attached hydrogens (tertiary/aromatic N) is 1. The summed E-state index contributed by atoms with van der Waals surface area (Å²) < 4.78 is 29.2. The number of carbonyl (C=O) groups is 2. The van der Waals surface area contributed by atoms with Crippen LogP contribution in [0.4, 0.5) is 0 Å². The standard InChI is InChI=1S/C37H55NO9/c1-5-6-7-8-9-10-11-20-44-31(39)24-37(42,17-12-15-35(2,3)41)34(40)47-33-30(43-4)23-36-16-13-18-38(36)19-14-26-21-28-29(46-25-45-28)22-27(26)32(33)36/h21-23,32-33,41-42H,5-20,24-25H2,1-4H3/t32-,33?,36+,37?/m1/s1. The predicted molar refractivity (Wildman–Crippen MR) is 176 cm³/mol. The van der Waals surface area contributed by atoms with Crippen LogP contribution >= 0.6 is 0 Å². The first-order valence-electron chi connectivity index (χ1n) is 17.8. The first-order valence-corrected chi connectivity index (χ1v) is 17.8. The van der Waals surface area contributed by atoms with Crippen molar-refractivity contribution in [1.82, 2.24) is 4.90 Å². The zero-order valence-corrected chi connectivity index (χ0v) is 28.8. The molecule has 1 aromatic rings. The summed E-state index contributed by atoms with van der Waals surface area (Å²) in [7, 11) is 1.57. The summed E-state index contributed by atoms with van der Waals surface area (Å²) in [5.74, 6) is 0.0679. The summed E-state index contributed by atoms with van der Waals surface area (Å²) in [6.45, 7) is 7.70. The van der Waals surface area contributed by atoms with Crippen molar-refractivity contribution in [3.8, 4) is 11.5 Å².